The first kappa shape index (κ1) is 15.3. The molecule has 20 heavy (non-hydrogen) atoms. The Morgan fingerprint density at radius 2 is 2.05 bits per heavy atom. The van der Waals surface area contributed by atoms with Gasteiger partial charge < -0.3 is 10.5 Å². The average Bonchev–Trinajstić information content (AvgIpc) is 2.36. The molecule has 112 valence electrons. The summed E-state index contributed by atoms with van der Waals surface area (Å²) in [6.45, 7) is -0.0745. The minimum atomic E-state index is -4.11. The summed E-state index contributed by atoms with van der Waals surface area (Å²) < 4.78 is 58.5. The molecule has 1 aliphatic rings. The van der Waals surface area contributed by atoms with E-state index in [1.165, 1.54) is 7.11 Å². The molecule has 0 heterocycles. The Hall–Kier alpha value is -1.09. The van der Waals surface area contributed by atoms with Crippen molar-refractivity contribution in [3.63, 3.8) is 0 Å². The first-order chi connectivity index (χ1) is 9.37. The third-order valence-electron chi connectivity index (χ3n) is 3.33. The number of nitrogens with one attached hydrogen (secondary N) is 1. The van der Waals surface area contributed by atoms with Gasteiger partial charge in [-0.2, -0.15) is 0 Å². The van der Waals surface area contributed by atoms with Crippen molar-refractivity contribution in [2.24, 2.45) is 5.73 Å². The molecule has 1 saturated carbocycles. The van der Waals surface area contributed by atoms with E-state index >= 15 is 0 Å². The SMILES string of the molecule is COC1CC(NS(=O)(=O)c2cc(CN)cc(F)c2F)C1. The fraction of sp³-hybridized carbons (Fsp3) is 0.500. The highest BCUT2D eigenvalue weighted by Crippen LogP contribution is 2.26. The van der Waals surface area contributed by atoms with Crippen LogP contribution in [0.5, 0.6) is 0 Å². The minimum absolute atomic E-state index is 0.000316. The monoisotopic (exact) mass is 306 g/mol. The summed E-state index contributed by atoms with van der Waals surface area (Å²) in [6.07, 6.45) is 1.02. The molecule has 3 N–H and O–H groups in total. The third kappa shape index (κ3) is 2.98. The fourth-order valence-corrected chi connectivity index (χ4v) is 3.47. The van der Waals surface area contributed by atoms with Crippen molar-refractivity contribution in [3.05, 3.63) is 29.3 Å². The molecule has 0 radical (unpaired) electrons. The zero-order chi connectivity index (χ0) is 14.9. The van der Waals surface area contributed by atoms with Gasteiger partial charge in [0.05, 0.1) is 6.10 Å². The smallest absolute Gasteiger partial charge is 0.243 e. The minimum Gasteiger partial charge on any atom is -0.381 e. The standard InChI is InChI=1S/C12H16F2N2O3S/c1-19-9-4-8(5-9)16-20(17,18)11-3-7(6-15)2-10(13)12(11)14/h2-3,8-9,16H,4-6,15H2,1H3. The summed E-state index contributed by atoms with van der Waals surface area (Å²) in [5.74, 6) is -2.62. The molecule has 0 aromatic heterocycles. The Morgan fingerprint density at radius 1 is 1.40 bits per heavy atom. The first-order valence-corrected chi connectivity index (χ1v) is 7.58. The van der Waals surface area contributed by atoms with E-state index in [9.17, 15) is 17.2 Å². The summed E-state index contributed by atoms with van der Waals surface area (Å²) in [5.41, 5.74) is 5.55. The van der Waals surface area contributed by atoms with E-state index in [0.29, 0.717) is 12.8 Å². The van der Waals surface area contributed by atoms with E-state index in [-0.39, 0.29) is 24.3 Å². The van der Waals surface area contributed by atoms with E-state index in [1.807, 2.05) is 0 Å². The van der Waals surface area contributed by atoms with Crippen molar-refractivity contribution in [3.8, 4) is 0 Å². The Kier molecular flexibility index (Phi) is 4.38. The molecular weight excluding hydrogens is 290 g/mol. The maximum absolute atomic E-state index is 13.7. The van der Waals surface area contributed by atoms with Crippen molar-refractivity contribution >= 4 is 10.0 Å². The molecule has 1 aromatic carbocycles. The molecule has 0 saturated heterocycles. The van der Waals surface area contributed by atoms with Crippen LogP contribution in [0.3, 0.4) is 0 Å². The Morgan fingerprint density at radius 3 is 2.60 bits per heavy atom. The molecule has 1 aliphatic carbocycles. The van der Waals surface area contributed by atoms with E-state index in [1.54, 1.807) is 0 Å². The van der Waals surface area contributed by atoms with Crippen molar-refractivity contribution in [2.45, 2.75) is 36.4 Å². The van der Waals surface area contributed by atoms with Gasteiger partial charge in [-0.25, -0.2) is 21.9 Å². The number of hydrogen-bond acceptors (Lipinski definition) is 4. The average molecular weight is 306 g/mol. The van der Waals surface area contributed by atoms with Crippen LogP contribution in [0.25, 0.3) is 0 Å². The molecule has 5 nitrogen and oxygen atoms in total. The fourth-order valence-electron chi connectivity index (χ4n) is 2.07. The molecular formula is C12H16F2N2O3S. The van der Waals surface area contributed by atoms with Crippen molar-refractivity contribution in [1.29, 1.82) is 0 Å². The number of ether oxygens (including phenoxy) is 1. The number of rotatable bonds is 5. The van der Waals surface area contributed by atoms with Gasteiger partial charge in [0.15, 0.2) is 11.6 Å². The van der Waals surface area contributed by atoms with Crippen LogP contribution in [-0.4, -0.2) is 27.7 Å². The van der Waals surface area contributed by atoms with Gasteiger partial charge in [0, 0.05) is 19.7 Å². The molecule has 0 amide bonds. The maximum Gasteiger partial charge on any atom is 0.243 e. The van der Waals surface area contributed by atoms with Gasteiger partial charge in [0.2, 0.25) is 10.0 Å². The lowest BCUT2D eigenvalue weighted by molar-refractivity contribution is 0.0236. The highest BCUT2D eigenvalue weighted by Gasteiger charge is 2.34. The third-order valence-corrected chi connectivity index (χ3v) is 4.85. The van der Waals surface area contributed by atoms with Gasteiger partial charge in [0.25, 0.3) is 0 Å². The van der Waals surface area contributed by atoms with Gasteiger partial charge in [-0.15, -0.1) is 0 Å². The molecule has 0 unspecified atom stereocenters. The van der Waals surface area contributed by atoms with Gasteiger partial charge in [-0.05, 0) is 30.5 Å². The number of methoxy groups -OCH3 is 1. The van der Waals surface area contributed by atoms with Crippen LogP contribution in [0.1, 0.15) is 18.4 Å². The van der Waals surface area contributed by atoms with E-state index < -0.39 is 26.6 Å². The molecule has 0 atom stereocenters. The zero-order valence-electron chi connectivity index (χ0n) is 10.9. The summed E-state index contributed by atoms with van der Waals surface area (Å²) in [7, 11) is -2.58. The number of sulfonamides is 1. The normalized spacial score (nSPS) is 22.6. The summed E-state index contributed by atoms with van der Waals surface area (Å²) in [5, 5.41) is 0. The molecule has 2 rings (SSSR count). The second-order valence-corrected chi connectivity index (χ2v) is 6.42. The number of hydrogen-bond donors (Lipinski definition) is 2. The van der Waals surface area contributed by atoms with Gasteiger partial charge in [-0.3, -0.25) is 0 Å². The zero-order valence-corrected chi connectivity index (χ0v) is 11.7. The second-order valence-electron chi connectivity index (χ2n) is 4.74. The predicted molar refractivity (Wildman–Crippen MR) is 68.4 cm³/mol. The lowest BCUT2D eigenvalue weighted by Crippen LogP contribution is -2.47. The number of benzene rings is 1. The Bertz CT molecular complexity index is 601. The van der Waals surface area contributed by atoms with Crippen molar-refractivity contribution in [1.82, 2.24) is 4.72 Å². The van der Waals surface area contributed by atoms with Gasteiger partial charge in [-0.1, -0.05) is 0 Å². The van der Waals surface area contributed by atoms with Crippen LogP contribution in [0.2, 0.25) is 0 Å². The topological polar surface area (TPSA) is 81.4 Å². The number of nitrogens with two attached hydrogens (primary N) is 1. The number of halogens is 2. The van der Waals surface area contributed by atoms with E-state index in [2.05, 4.69) is 4.72 Å². The predicted octanol–water partition coefficient (Wildman–Crippen LogP) is 0.879. The van der Waals surface area contributed by atoms with E-state index in [0.717, 1.165) is 12.1 Å². The summed E-state index contributed by atoms with van der Waals surface area (Å²) in [4.78, 5) is -0.709. The van der Waals surface area contributed by atoms with Crippen LogP contribution in [0.4, 0.5) is 8.78 Å². The molecule has 8 heteroatoms. The lowest BCUT2D eigenvalue weighted by Gasteiger charge is -2.34. The second kappa shape index (κ2) is 5.72. The van der Waals surface area contributed by atoms with E-state index in [4.69, 9.17) is 10.5 Å². The lowest BCUT2D eigenvalue weighted by atomic mass is 9.90. The summed E-state index contributed by atoms with van der Waals surface area (Å²) in [6, 6.07) is 1.61. The van der Waals surface area contributed by atoms with Crippen LogP contribution in [-0.2, 0) is 21.3 Å². The molecule has 0 aliphatic heterocycles. The molecule has 1 aromatic rings. The molecule has 1 fully saturated rings. The van der Waals surface area contributed by atoms with Gasteiger partial charge >= 0.3 is 0 Å². The van der Waals surface area contributed by atoms with Crippen LogP contribution in [0, 0.1) is 11.6 Å². The van der Waals surface area contributed by atoms with Crippen molar-refractivity contribution < 1.29 is 21.9 Å². The summed E-state index contributed by atoms with van der Waals surface area (Å²) >= 11 is 0. The Balaban J connectivity index is 2.23. The van der Waals surface area contributed by atoms with Crippen LogP contribution < -0.4 is 10.5 Å². The molecule has 0 spiro atoms. The van der Waals surface area contributed by atoms with Gasteiger partial charge in [0.1, 0.15) is 4.90 Å². The first-order valence-electron chi connectivity index (χ1n) is 6.10. The van der Waals surface area contributed by atoms with Crippen LogP contribution in [0.15, 0.2) is 17.0 Å². The largest absolute Gasteiger partial charge is 0.381 e. The highest BCUT2D eigenvalue weighted by molar-refractivity contribution is 7.89. The molecule has 0 bridgehead atoms. The quantitative estimate of drug-likeness (QED) is 0.846. The highest BCUT2D eigenvalue weighted by atomic mass is 32.2. The van der Waals surface area contributed by atoms with Crippen LogP contribution >= 0.6 is 0 Å². The Labute approximate surface area is 116 Å². The maximum atomic E-state index is 13.7. The van der Waals surface area contributed by atoms with Crippen molar-refractivity contribution in [2.75, 3.05) is 7.11 Å².